The number of nitrogens with zero attached hydrogens (tertiary/aromatic N) is 3. The number of hydrogen-bond acceptors (Lipinski definition) is 5. The Labute approximate surface area is 218 Å². The van der Waals surface area contributed by atoms with Crippen LogP contribution >= 0.6 is 36.0 Å². The molecule has 2 N–H and O–H groups in total. The average Bonchev–Trinajstić information content (AvgIpc) is 3.18. The number of thiocarbonyl (C=S) groups is 1. The number of hydrogen-bond donors (Lipinski definition) is 2. The van der Waals surface area contributed by atoms with E-state index in [-0.39, 0.29) is 30.6 Å². The van der Waals surface area contributed by atoms with Crippen molar-refractivity contribution >= 4 is 52.7 Å². The van der Waals surface area contributed by atoms with E-state index in [2.05, 4.69) is 15.7 Å². The summed E-state index contributed by atoms with van der Waals surface area (Å²) in [7, 11) is 0. The van der Waals surface area contributed by atoms with Crippen molar-refractivity contribution in [3.8, 4) is 11.4 Å². The summed E-state index contributed by atoms with van der Waals surface area (Å²) < 4.78 is 9.83. The van der Waals surface area contributed by atoms with Crippen LogP contribution in [-0.4, -0.2) is 25.4 Å². The molecule has 10 heteroatoms. The van der Waals surface area contributed by atoms with E-state index in [0.717, 1.165) is 11.4 Å². The molecule has 4 aromatic rings. The Morgan fingerprint density at radius 1 is 0.971 bits per heavy atom. The number of carbonyl (C=O) groups is 1. The Kier molecular flexibility index (Phi) is 8.25. The summed E-state index contributed by atoms with van der Waals surface area (Å²) in [6.07, 6.45) is 0.147. The molecule has 0 fully saturated rings. The zero-order valence-electron chi connectivity index (χ0n) is 18.6. The van der Waals surface area contributed by atoms with Crippen molar-refractivity contribution in [3.05, 3.63) is 101 Å². The molecule has 0 atom stereocenters. The van der Waals surface area contributed by atoms with Crippen LogP contribution in [0, 0.1) is 4.77 Å². The first-order chi connectivity index (χ1) is 17.0. The van der Waals surface area contributed by atoms with Crippen LogP contribution in [0.3, 0.4) is 0 Å². The minimum Gasteiger partial charge on any atom is -0.486 e. The number of carbonyl (C=O) groups excluding carboxylic acids is 1. The van der Waals surface area contributed by atoms with Gasteiger partial charge in [0.25, 0.3) is 0 Å². The lowest BCUT2D eigenvalue weighted by molar-refractivity contribution is -0.119. The van der Waals surface area contributed by atoms with Crippen molar-refractivity contribution < 1.29 is 9.53 Å². The van der Waals surface area contributed by atoms with E-state index in [4.69, 9.17) is 40.8 Å². The van der Waals surface area contributed by atoms with Crippen LogP contribution < -0.4 is 15.4 Å². The lowest BCUT2D eigenvalue weighted by atomic mass is 10.3. The normalized spacial score (nSPS) is 10.5. The predicted molar refractivity (Wildman–Crippen MR) is 144 cm³/mol. The van der Waals surface area contributed by atoms with Gasteiger partial charge < -0.3 is 15.4 Å². The topological polar surface area (TPSA) is 73.1 Å². The third-order valence-electron chi connectivity index (χ3n) is 4.94. The van der Waals surface area contributed by atoms with Gasteiger partial charge in [0.1, 0.15) is 12.4 Å². The SMILES string of the molecule is O=C(CCn1nc(COc2ccc(Cl)cc2)n(-c2ccccc2)c1=S)NC(=S)Nc1ccccc1. The molecule has 0 saturated heterocycles. The maximum absolute atomic E-state index is 12.5. The van der Waals surface area contributed by atoms with Gasteiger partial charge in [-0.2, -0.15) is 5.10 Å². The quantitative estimate of drug-likeness (QED) is 0.295. The molecule has 178 valence electrons. The molecule has 35 heavy (non-hydrogen) atoms. The van der Waals surface area contributed by atoms with E-state index in [9.17, 15) is 4.79 Å². The smallest absolute Gasteiger partial charge is 0.227 e. The highest BCUT2D eigenvalue weighted by Gasteiger charge is 2.15. The molecule has 0 aliphatic heterocycles. The number of anilines is 1. The maximum atomic E-state index is 12.5. The summed E-state index contributed by atoms with van der Waals surface area (Å²) in [6, 6.07) is 26.1. The van der Waals surface area contributed by atoms with Crippen LogP contribution in [0.2, 0.25) is 5.02 Å². The molecular weight excluding hydrogens is 502 g/mol. The fourth-order valence-corrected chi connectivity index (χ4v) is 3.99. The second-order valence-corrected chi connectivity index (χ2v) is 8.66. The number of para-hydroxylation sites is 2. The van der Waals surface area contributed by atoms with E-state index < -0.39 is 0 Å². The van der Waals surface area contributed by atoms with E-state index in [1.807, 2.05) is 65.2 Å². The van der Waals surface area contributed by atoms with Crippen LogP contribution in [0.5, 0.6) is 5.75 Å². The second kappa shape index (κ2) is 11.7. The molecule has 0 spiro atoms. The van der Waals surface area contributed by atoms with Gasteiger partial charge in [-0.1, -0.05) is 48.0 Å². The van der Waals surface area contributed by atoms with Gasteiger partial charge in [-0.25, -0.2) is 4.68 Å². The fourth-order valence-electron chi connectivity index (χ4n) is 3.29. The number of ether oxygens (including phenoxy) is 1. The minimum atomic E-state index is -0.242. The standard InChI is InChI=1S/C25H22ClN5O2S2/c26-18-11-13-21(14-12-18)33-17-22-29-30(25(35)31(22)20-9-5-2-6-10-20)16-15-23(32)28-24(34)27-19-7-3-1-4-8-19/h1-14H,15-17H2,(H2,27,28,32,34). The molecule has 0 bridgehead atoms. The van der Waals surface area contributed by atoms with Gasteiger partial charge in [-0.3, -0.25) is 9.36 Å². The van der Waals surface area contributed by atoms with Gasteiger partial charge in [0, 0.05) is 22.8 Å². The van der Waals surface area contributed by atoms with Crippen molar-refractivity contribution in [3.63, 3.8) is 0 Å². The molecule has 0 unspecified atom stereocenters. The molecule has 1 heterocycles. The summed E-state index contributed by atoms with van der Waals surface area (Å²) in [5, 5.41) is 11.2. The fraction of sp³-hybridized carbons (Fsp3) is 0.120. The monoisotopic (exact) mass is 523 g/mol. The summed E-state index contributed by atoms with van der Waals surface area (Å²) in [4.78, 5) is 12.5. The second-order valence-electron chi connectivity index (χ2n) is 7.45. The lowest BCUT2D eigenvalue weighted by Gasteiger charge is -2.09. The number of halogens is 1. The summed E-state index contributed by atoms with van der Waals surface area (Å²) in [5.41, 5.74) is 1.66. The number of benzene rings is 3. The minimum absolute atomic E-state index is 0.147. The Balaban J connectivity index is 1.45. The molecule has 0 saturated carbocycles. The molecule has 4 rings (SSSR count). The molecule has 1 amide bonds. The Bertz CT molecular complexity index is 1360. The number of rotatable bonds is 8. The molecular formula is C25H22ClN5O2S2. The average molecular weight is 524 g/mol. The van der Waals surface area contributed by atoms with Crippen LogP contribution in [0.15, 0.2) is 84.9 Å². The molecule has 0 radical (unpaired) electrons. The Hall–Kier alpha value is -3.53. The van der Waals surface area contributed by atoms with Crippen LogP contribution in [0.4, 0.5) is 5.69 Å². The van der Waals surface area contributed by atoms with Crippen molar-refractivity contribution in [1.29, 1.82) is 0 Å². The number of amides is 1. The van der Waals surface area contributed by atoms with Crippen molar-refractivity contribution in [1.82, 2.24) is 19.7 Å². The van der Waals surface area contributed by atoms with Gasteiger partial charge in [0.05, 0.1) is 6.54 Å². The van der Waals surface area contributed by atoms with Gasteiger partial charge in [0.2, 0.25) is 10.7 Å². The van der Waals surface area contributed by atoms with E-state index in [0.29, 0.717) is 21.4 Å². The van der Waals surface area contributed by atoms with E-state index in [1.54, 1.807) is 28.9 Å². The highest BCUT2D eigenvalue weighted by Crippen LogP contribution is 2.18. The maximum Gasteiger partial charge on any atom is 0.227 e. The van der Waals surface area contributed by atoms with Gasteiger partial charge >= 0.3 is 0 Å². The first kappa shape index (κ1) is 24.6. The number of aryl methyl sites for hydroxylation is 1. The summed E-state index contributed by atoms with van der Waals surface area (Å²) in [5.74, 6) is 1.03. The largest absolute Gasteiger partial charge is 0.486 e. The number of aromatic nitrogens is 3. The first-order valence-electron chi connectivity index (χ1n) is 10.8. The lowest BCUT2D eigenvalue weighted by Crippen LogP contribution is -2.34. The molecule has 0 aliphatic rings. The van der Waals surface area contributed by atoms with Gasteiger partial charge in [-0.05, 0) is 73.0 Å². The summed E-state index contributed by atoms with van der Waals surface area (Å²) >= 11 is 16.9. The van der Waals surface area contributed by atoms with E-state index in [1.165, 1.54) is 0 Å². The Morgan fingerprint density at radius 2 is 1.63 bits per heavy atom. The number of nitrogens with one attached hydrogen (secondary N) is 2. The summed E-state index contributed by atoms with van der Waals surface area (Å²) in [6.45, 7) is 0.469. The van der Waals surface area contributed by atoms with Crippen LogP contribution in [0.25, 0.3) is 5.69 Å². The Morgan fingerprint density at radius 3 is 2.31 bits per heavy atom. The zero-order valence-corrected chi connectivity index (χ0v) is 20.9. The van der Waals surface area contributed by atoms with E-state index >= 15 is 0 Å². The predicted octanol–water partition coefficient (Wildman–Crippen LogP) is 5.54. The molecule has 0 aliphatic carbocycles. The van der Waals surface area contributed by atoms with Crippen LogP contribution in [0.1, 0.15) is 12.2 Å². The third kappa shape index (κ3) is 6.75. The van der Waals surface area contributed by atoms with Gasteiger partial charge in [-0.15, -0.1) is 0 Å². The zero-order chi connectivity index (χ0) is 24.6. The molecule has 1 aromatic heterocycles. The van der Waals surface area contributed by atoms with Crippen molar-refractivity contribution in [2.45, 2.75) is 19.6 Å². The van der Waals surface area contributed by atoms with Crippen molar-refractivity contribution in [2.24, 2.45) is 0 Å². The molecule has 7 nitrogen and oxygen atoms in total. The van der Waals surface area contributed by atoms with Gasteiger partial charge in [0.15, 0.2) is 10.9 Å². The van der Waals surface area contributed by atoms with Crippen molar-refractivity contribution in [2.75, 3.05) is 5.32 Å². The third-order valence-corrected chi connectivity index (χ3v) is 5.79. The highest BCUT2D eigenvalue weighted by molar-refractivity contribution is 7.80. The van der Waals surface area contributed by atoms with Crippen LogP contribution in [-0.2, 0) is 17.9 Å². The first-order valence-corrected chi connectivity index (χ1v) is 12.0. The highest BCUT2D eigenvalue weighted by atomic mass is 35.5. The molecule has 3 aromatic carbocycles.